The molecule has 44 heavy (non-hydrogen) atoms. The number of rotatable bonds is 10. The summed E-state index contributed by atoms with van der Waals surface area (Å²) in [7, 11) is -3.58. The minimum atomic E-state index is -3.58. The van der Waals surface area contributed by atoms with Gasteiger partial charge in [0.15, 0.2) is 0 Å². The van der Waals surface area contributed by atoms with E-state index >= 15 is 0 Å². The van der Waals surface area contributed by atoms with Crippen LogP contribution in [0.4, 0.5) is 0 Å². The minimum Gasteiger partial charge on any atom is -0.481 e. The number of carbonyl (C=O) groups is 3. The first-order valence-electron chi connectivity index (χ1n) is 14.4. The summed E-state index contributed by atoms with van der Waals surface area (Å²) in [4.78, 5) is 46.8. The van der Waals surface area contributed by atoms with Gasteiger partial charge in [-0.3, -0.25) is 19.2 Å². The van der Waals surface area contributed by atoms with Gasteiger partial charge in [-0.25, -0.2) is 18.6 Å². The highest BCUT2D eigenvalue weighted by molar-refractivity contribution is 7.88. The Balaban J connectivity index is 1.51. The molecule has 232 valence electrons. The van der Waals surface area contributed by atoms with Gasteiger partial charge in [0.05, 0.1) is 31.2 Å². The van der Waals surface area contributed by atoms with Gasteiger partial charge < -0.3 is 10.0 Å². The molecule has 1 aliphatic carbocycles. The third kappa shape index (κ3) is 7.29. The Labute approximate surface area is 261 Å². The van der Waals surface area contributed by atoms with E-state index < -0.39 is 45.9 Å². The lowest BCUT2D eigenvalue weighted by Gasteiger charge is -2.49. The smallest absolute Gasteiger partial charge is 0.307 e. The molecule has 0 bridgehead atoms. The number of nitrogens with one attached hydrogen (secondary N) is 2. The van der Waals surface area contributed by atoms with Gasteiger partial charge in [-0.05, 0) is 53.3 Å². The molecule has 2 amide bonds. The van der Waals surface area contributed by atoms with E-state index in [1.54, 1.807) is 77.7 Å². The van der Waals surface area contributed by atoms with Crippen LogP contribution in [0, 0.1) is 0 Å². The van der Waals surface area contributed by atoms with Crippen LogP contribution < -0.4 is 10.2 Å². The number of nitrogens with zero attached hydrogens (tertiary/aromatic N) is 1. The Hall–Kier alpha value is -3.77. The quantitative estimate of drug-likeness (QED) is 0.280. The number of aliphatic carboxylic acids is 1. The monoisotopic (exact) mass is 639 g/mol. The van der Waals surface area contributed by atoms with Crippen LogP contribution >= 0.6 is 11.6 Å². The topological polar surface area (TPSA) is 142 Å². The average molecular weight is 640 g/mol. The molecule has 1 aliphatic heterocycles. The molecular weight excluding hydrogens is 606 g/mol. The molecule has 12 heteroatoms. The van der Waals surface area contributed by atoms with Gasteiger partial charge in [-0.15, -0.1) is 0 Å². The molecule has 1 saturated carbocycles. The van der Waals surface area contributed by atoms with Crippen LogP contribution in [-0.2, 0) is 37.5 Å². The van der Waals surface area contributed by atoms with Crippen molar-refractivity contribution in [2.75, 3.05) is 6.26 Å². The van der Waals surface area contributed by atoms with Crippen LogP contribution in [-0.4, -0.2) is 54.5 Å². The number of hydrogen-bond donors (Lipinski definition) is 3. The highest BCUT2D eigenvalue weighted by atomic mass is 35.5. The number of carboxylic acid groups (broad SMARTS) is 1. The van der Waals surface area contributed by atoms with Crippen LogP contribution in [0.3, 0.4) is 0 Å². The predicted octanol–water partition coefficient (Wildman–Crippen LogP) is 4.36. The highest BCUT2D eigenvalue weighted by Gasteiger charge is 2.49. The normalized spacial score (nSPS) is 21.9. The number of hydroxylamine groups is 1. The number of amides is 2. The van der Waals surface area contributed by atoms with Crippen molar-refractivity contribution in [3.63, 3.8) is 0 Å². The molecule has 0 spiro atoms. The molecule has 0 radical (unpaired) electrons. The minimum absolute atomic E-state index is 0.00913. The van der Waals surface area contributed by atoms with Crippen LogP contribution in [0.25, 0.3) is 0 Å². The van der Waals surface area contributed by atoms with E-state index in [4.69, 9.17) is 21.5 Å². The number of hydrogen-bond acceptors (Lipinski definition) is 6. The van der Waals surface area contributed by atoms with Crippen LogP contribution in [0.15, 0.2) is 72.8 Å². The summed E-state index contributed by atoms with van der Waals surface area (Å²) in [6, 6.07) is 19.0. The van der Waals surface area contributed by atoms with Crippen LogP contribution in [0.2, 0.25) is 5.02 Å². The number of carbonyl (C=O) groups excluding carboxylic acids is 2. The number of benzene rings is 3. The molecular formula is C32H34ClN3O7S. The fraction of sp³-hybridized carbons (Fsp3) is 0.344. The summed E-state index contributed by atoms with van der Waals surface area (Å²) in [5.74, 6) is -2.62. The molecule has 3 aromatic rings. The summed E-state index contributed by atoms with van der Waals surface area (Å²) in [5.41, 5.74) is 5.41. The summed E-state index contributed by atoms with van der Waals surface area (Å²) in [5, 5.41) is 9.61. The Morgan fingerprint density at radius 3 is 2.43 bits per heavy atom. The zero-order valence-electron chi connectivity index (χ0n) is 24.1. The van der Waals surface area contributed by atoms with Crippen molar-refractivity contribution < 1.29 is 32.7 Å². The number of halogens is 1. The molecule has 5 rings (SSSR count). The van der Waals surface area contributed by atoms with Crippen molar-refractivity contribution in [3.8, 4) is 0 Å². The number of carboxylic acids is 1. The lowest BCUT2D eigenvalue weighted by molar-refractivity contribution is -0.138. The summed E-state index contributed by atoms with van der Waals surface area (Å²) in [6.45, 7) is -0.00913. The fourth-order valence-corrected chi connectivity index (χ4v) is 7.28. The molecule has 0 aromatic heterocycles. The molecule has 1 heterocycles. The Bertz CT molecular complexity index is 1650. The zero-order valence-corrected chi connectivity index (χ0v) is 25.7. The van der Waals surface area contributed by atoms with Crippen molar-refractivity contribution in [2.45, 2.75) is 62.8 Å². The number of sulfonamides is 1. The summed E-state index contributed by atoms with van der Waals surface area (Å²) < 4.78 is 27.4. The maximum absolute atomic E-state index is 14.3. The van der Waals surface area contributed by atoms with E-state index in [0.717, 1.165) is 19.1 Å². The van der Waals surface area contributed by atoms with E-state index in [1.165, 1.54) is 0 Å². The first kappa shape index (κ1) is 31.6. The number of fused-ring (bicyclic) bond motifs is 1. The van der Waals surface area contributed by atoms with Gasteiger partial charge in [-0.2, -0.15) is 0 Å². The van der Waals surface area contributed by atoms with Gasteiger partial charge in [0, 0.05) is 22.7 Å². The second kappa shape index (κ2) is 13.5. The van der Waals surface area contributed by atoms with Crippen LogP contribution in [0.5, 0.6) is 0 Å². The van der Waals surface area contributed by atoms with Crippen LogP contribution in [0.1, 0.15) is 70.3 Å². The molecule has 10 nitrogen and oxygen atoms in total. The molecule has 4 atom stereocenters. The second-order valence-corrected chi connectivity index (χ2v) is 13.5. The van der Waals surface area contributed by atoms with Crippen molar-refractivity contribution >= 4 is 39.4 Å². The molecule has 2 aliphatic rings. The van der Waals surface area contributed by atoms with Crippen molar-refractivity contribution in [1.82, 2.24) is 15.1 Å². The van der Waals surface area contributed by atoms with Gasteiger partial charge in [-0.1, -0.05) is 79.0 Å². The second-order valence-electron chi connectivity index (χ2n) is 11.3. The van der Waals surface area contributed by atoms with Gasteiger partial charge in [0.25, 0.3) is 11.8 Å². The van der Waals surface area contributed by atoms with Crippen molar-refractivity contribution in [1.29, 1.82) is 0 Å². The van der Waals surface area contributed by atoms with Crippen molar-refractivity contribution in [3.05, 3.63) is 106 Å². The van der Waals surface area contributed by atoms with Crippen molar-refractivity contribution in [2.24, 2.45) is 0 Å². The zero-order chi connectivity index (χ0) is 31.4. The molecule has 3 N–H and O–H groups in total. The lowest BCUT2D eigenvalue weighted by atomic mass is 9.76. The Morgan fingerprint density at radius 1 is 1.00 bits per heavy atom. The average Bonchev–Trinajstić information content (AvgIpc) is 2.97. The first-order valence-corrected chi connectivity index (χ1v) is 16.6. The van der Waals surface area contributed by atoms with Gasteiger partial charge in [0.1, 0.15) is 0 Å². The maximum Gasteiger partial charge on any atom is 0.307 e. The first-order chi connectivity index (χ1) is 21.0. The predicted molar refractivity (Wildman–Crippen MR) is 164 cm³/mol. The molecule has 0 unspecified atom stereocenters. The lowest BCUT2D eigenvalue weighted by Crippen LogP contribution is -2.59. The van der Waals surface area contributed by atoms with E-state index in [9.17, 15) is 22.8 Å². The molecule has 0 saturated heterocycles. The molecule has 3 aromatic carbocycles. The Kier molecular flexibility index (Phi) is 9.69. The maximum atomic E-state index is 14.3. The summed E-state index contributed by atoms with van der Waals surface area (Å²) in [6.07, 6.45) is 3.68. The highest BCUT2D eigenvalue weighted by Crippen LogP contribution is 2.46. The fourth-order valence-electron chi connectivity index (χ4n) is 6.33. The van der Waals surface area contributed by atoms with E-state index in [1.807, 2.05) is 0 Å². The SMILES string of the molecule is CS(=O)(=O)N[C@H]1CCCC[C@@H]1N1C(=O)c2ccccc2[C@@H](C(=O)NOCc2cccc(CC(=O)O)c2)[C@@H]1c1ccc(Cl)cc1. The standard InChI is InChI=1S/C32H34ClN3O7S/c1-44(41,42)35-26-11-4-5-12-27(26)36-30(22-13-15-23(33)16-14-22)29(24-9-2-3-10-25(24)32(36)40)31(39)34-43-19-21-8-6-7-20(17-21)18-28(37)38/h2-3,6-10,13-17,26-27,29-30,35H,4-5,11-12,18-19H2,1H3,(H,34,39)(H,37,38)/t26-,27-,29+,30-/m0/s1. The van der Waals surface area contributed by atoms with Gasteiger partial charge >= 0.3 is 5.97 Å². The Morgan fingerprint density at radius 2 is 1.70 bits per heavy atom. The largest absolute Gasteiger partial charge is 0.481 e. The molecule has 1 fully saturated rings. The third-order valence-corrected chi connectivity index (χ3v) is 9.06. The van der Waals surface area contributed by atoms with Gasteiger partial charge in [0.2, 0.25) is 10.0 Å². The summed E-state index contributed by atoms with van der Waals surface area (Å²) >= 11 is 6.22. The van der Waals surface area contributed by atoms with E-state index in [2.05, 4.69) is 10.2 Å². The third-order valence-electron chi connectivity index (χ3n) is 8.08. The van der Waals surface area contributed by atoms with E-state index in [0.29, 0.717) is 45.7 Å². The van der Waals surface area contributed by atoms with E-state index in [-0.39, 0.29) is 18.9 Å².